The van der Waals surface area contributed by atoms with Gasteiger partial charge in [-0.05, 0) is 6.42 Å². The van der Waals surface area contributed by atoms with Crippen LogP contribution in [0.15, 0.2) is 0 Å². The highest BCUT2D eigenvalue weighted by Gasteiger charge is 2.04. The van der Waals surface area contributed by atoms with E-state index in [9.17, 15) is 19.2 Å². The Bertz CT molecular complexity index is 531. The van der Waals surface area contributed by atoms with Gasteiger partial charge in [0.1, 0.15) is 13.2 Å². The third-order valence-corrected chi connectivity index (χ3v) is 3.50. The molecule has 0 spiro atoms. The van der Waals surface area contributed by atoms with Crippen LogP contribution in [0.2, 0.25) is 0 Å². The van der Waals surface area contributed by atoms with Crippen LogP contribution >= 0.6 is 0 Å². The van der Waals surface area contributed by atoms with Crippen LogP contribution in [0.5, 0.6) is 0 Å². The number of carboxylic acid groups (broad SMARTS) is 2. The first-order valence-electron chi connectivity index (χ1n) is 10.3. The van der Waals surface area contributed by atoms with Crippen LogP contribution in [-0.4, -0.2) is 113 Å². The molecular formula is C19H34N2O11. The molecule has 0 saturated carbocycles. The lowest BCUT2D eigenvalue weighted by atomic mass is 10.3. The molecular weight excluding hydrogens is 432 g/mol. The quantitative estimate of drug-likeness (QED) is 0.131. The molecule has 0 saturated heterocycles. The summed E-state index contributed by atoms with van der Waals surface area (Å²) in [6.45, 7) is 3.06. The van der Waals surface area contributed by atoms with Gasteiger partial charge in [0.2, 0.25) is 11.8 Å². The van der Waals surface area contributed by atoms with Crippen molar-refractivity contribution in [3.8, 4) is 0 Å². The van der Waals surface area contributed by atoms with Crippen LogP contribution < -0.4 is 10.6 Å². The smallest absolute Gasteiger partial charge is 0.329 e. The van der Waals surface area contributed by atoms with Crippen LogP contribution in [0.3, 0.4) is 0 Å². The Kier molecular flexibility index (Phi) is 20.3. The van der Waals surface area contributed by atoms with E-state index in [1.165, 1.54) is 0 Å². The largest absolute Gasteiger partial charge is 0.481 e. The van der Waals surface area contributed by atoms with Gasteiger partial charge in [-0.25, -0.2) is 4.79 Å². The Balaban J connectivity index is 3.19. The molecule has 0 rings (SSSR count). The fourth-order valence-electron chi connectivity index (χ4n) is 2.02. The fourth-order valence-corrected chi connectivity index (χ4v) is 2.02. The van der Waals surface area contributed by atoms with Crippen molar-refractivity contribution in [3.63, 3.8) is 0 Å². The highest BCUT2D eigenvalue weighted by molar-refractivity contribution is 5.80. The van der Waals surface area contributed by atoms with Crippen LogP contribution in [0.1, 0.15) is 19.3 Å². The highest BCUT2D eigenvalue weighted by atomic mass is 16.6. The van der Waals surface area contributed by atoms with Crippen LogP contribution in [0.25, 0.3) is 0 Å². The topological polar surface area (TPSA) is 179 Å². The zero-order chi connectivity index (χ0) is 23.9. The Labute approximate surface area is 186 Å². The van der Waals surface area contributed by atoms with Crippen molar-refractivity contribution in [2.45, 2.75) is 19.3 Å². The summed E-state index contributed by atoms with van der Waals surface area (Å²) in [6.07, 6.45) is 0.430. The Hall–Kier alpha value is -2.32. The molecule has 0 aliphatic heterocycles. The fraction of sp³-hybridized carbons (Fsp3) is 0.789. The zero-order valence-corrected chi connectivity index (χ0v) is 18.2. The van der Waals surface area contributed by atoms with E-state index in [0.717, 1.165) is 0 Å². The SMILES string of the molecule is O=C(O)CCC(=O)NCCCOCCOCCOCCOCCNC(=O)COCC(=O)O. The minimum absolute atomic E-state index is 0.0240. The van der Waals surface area contributed by atoms with Crippen molar-refractivity contribution in [3.05, 3.63) is 0 Å². The maximum Gasteiger partial charge on any atom is 0.329 e. The van der Waals surface area contributed by atoms with E-state index in [-0.39, 0.29) is 31.9 Å². The molecule has 0 aromatic heterocycles. The highest BCUT2D eigenvalue weighted by Crippen LogP contribution is 1.89. The number of aliphatic carboxylic acids is 2. The van der Waals surface area contributed by atoms with Gasteiger partial charge in [0, 0.05) is 26.1 Å². The van der Waals surface area contributed by atoms with Crippen molar-refractivity contribution in [2.24, 2.45) is 0 Å². The Morgan fingerprint density at radius 1 is 0.531 bits per heavy atom. The third-order valence-electron chi connectivity index (χ3n) is 3.50. The molecule has 2 amide bonds. The van der Waals surface area contributed by atoms with E-state index < -0.39 is 24.5 Å². The summed E-state index contributed by atoms with van der Waals surface area (Å²) >= 11 is 0. The van der Waals surface area contributed by atoms with E-state index in [1.807, 2.05) is 0 Å². The van der Waals surface area contributed by atoms with Crippen LogP contribution in [0.4, 0.5) is 0 Å². The summed E-state index contributed by atoms with van der Waals surface area (Å²) < 4.78 is 25.9. The average molecular weight is 466 g/mol. The first kappa shape index (κ1) is 29.7. The minimum atomic E-state index is -1.13. The number of carbonyl (C=O) groups excluding carboxylic acids is 2. The molecule has 0 aromatic rings. The predicted molar refractivity (Wildman–Crippen MR) is 109 cm³/mol. The Morgan fingerprint density at radius 3 is 1.62 bits per heavy atom. The van der Waals surface area contributed by atoms with Gasteiger partial charge in [0.05, 0.1) is 52.7 Å². The molecule has 0 radical (unpaired) electrons. The normalized spacial score (nSPS) is 10.6. The molecule has 0 aliphatic carbocycles. The molecule has 0 aliphatic rings. The van der Waals surface area contributed by atoms with Crippen molar-refractivity contribution >= 4 is 23.8 Å². The number of carbonyl (C=O) groups is 4. The zero-order valence-electron chi connectivity index (χ0n) is 18.2. The molecule has 13 heteroatoms. The summed E-state index contributed by atoms with van der Waals surface area (Å²) in [5.74, 6) is -2.82. The summed E-state index contributed by atoms with van der Waals surface area (Å²) in [7, 11) is 0. The summed E-state index contributed by atoms with van der Waals surface area (Å²) in [5.41, 5.74) is 0. The molecule has 0 bridgehead atoms. The maximum atomic E-state index is 11.3. The van der Waals surface area contributed by atoms with E-state index in [2.05, 4.69) is 15.4 Å². The second-order valence-electron chi connectivity index (χ2n) is 6.28. The van der Waals surface area contributed by atoms with Gasteiger partial charge in [-0.2, -0.15) is 0 Å². The van der Waals surface area contributed by atoms with E-state index in [4.69, 9.17) is 29.2 Å². The van der Waals surface area contributed by atoms with Crippen molar-refractivity contribution in [1.29, 1.82) is 0 Å². The second-order valence-corrected chi connectivity index (χ2v) is 6.28. The number of carboxylic acids is 2. The number of ether oxygens (including phenoxy) is 5. The van der Waals surface area contributed by atoms with Gasteiger partial charge in [-0.3, -0.25) is 14.4 Å². The third kappa shape index (κ3) is 24.0. The van der Waals surface area contributed by atoms with Gasteiger partial charge in [-0.15, -0.1) is 0 Å². The number of hydrogen-bond donors (Lipinski definition) is 4. The molecule has 186 valence electrons. The molecule has 0 heterocycles. The lowest BCUT2D eigenvalue weighted by Crippen LogP contribution is -2.31. The standard InChI is InChI=1S/C19H34N2O11/c22-16(2-3-18(24)25)20-4-1-6-28-8-10-30-12-13-31-11-9-29-7-5-21-17(23)14-32-15-19(26)27/h1-15H2,(H,20,22)(H,21,23)(H,24,25)(H,26,27). The van der Waals surface area contributed by atoms with E-state index >= 15 is 0 Å². The Morgan fingerprint density at radius 2 is 1.06 bits per heavy atom. The van der Waals surface area contributed by atoms with Gasteiger partial charge in [-0.1, -0.05) is 0 Å². The first-order valence-corrected chi connectivity index (χ1v) is 10.3. The summed E-state index contributed by atoms with van der Waals surface area (Å²) in [6, 6.07) is 0. The minimum Gasteiger partial charge on any atom is -0.481 e. The number of rotatable bonds is 23. The molecule has 0 fully saturated rings. The average Bonchev–Trinajstić information content (AvgIpc) is 2.74. The summed E-state index contributed by atoms with van der Waals surface area (Å²) in [5, 5.41) is 22.0. The van der Waals surface area contributed by atoms with Crippen molar-refractivity contribution < 1.29 is 53.1 Å². The van der Waals surface area contributed by atoms with Gasteiger partial charge < -0.3 is 44.5 Å². The van der Waals surface area contributed by atoms with Gasteiger partial charge in [0.25, 0.3) is 0 Å². The van der Waals surface area contributed by atoms with Crippen molar-refractivity contribution in [2.75, 3.05) is 79.2 Å². The maximum absolute atomic E-state index is 11.3. The molecule has 13 nitrogen and oxygen atoms in total. The molecule has 0 aromatic carbocycles. The molecule has 4 N–H and O–H groups in total. The second kappa shape index (κ2) is 21.9. The summed E-state index contributed by atoms with van der Waals surface area (Å²) in [4.78, 5) is 43.1. The molecule has 32 heavy (non-hydrogen) atoms. The predicted octanol–water partition coefficient (Wildman–Crippen LogP) is -1.36. The number of nitrogens with one attached hydrogen (secondary N) is 2. The lowest BCUT2D eigenvalue weighted by Gasteiger charge is -2.08. The van der Waals surface area contributed by atoms with Crippen LogP contribution in [0, 0.1) is 0 Å². The van der Waals surface area contributed by atoms with Gasteiger partial charge >= 0.3 is 11.9 Å². The number of hydrogen-bond acceptors (Lipinski definition) is 9. The number of amides is 2. The first-order chi connectivity index (χ1) is 15.4. The van der Waals surface area contributed by atoms with Crippen molar-refractivity contribution in [1.82, 2.24) is 10.6 Å². The van der Waals surface area contributed by atoms with E-state index in [0.29, 0.717) is 65.8 Å². The molecule has 0 atom stereocenters. The van der Waals surface area contributed by atoms with Gasteiger partial charge in [0.15, 0.2) is 0 Å². The monoisotopic (exact) mass is 466 g/mol. The van der Waals surface area contributed by atoms with Crippen LogP contribution in [-0.2, 0) is 42.9 Å². The van der Waals surface area contributed by atoms with E-state index in [1.54, 1.807) is 0 Å². The lowest BCUT2D eigenvalue weighted by molar-refractivity contribution is -0.143. The molecule has 0 unspecified atom stereocenters.